The molecule has 3 N–H and O–H groups in total. The Labute approximate surface area is 89.8 Å². The van der Waals surface area contributed by atoms with Crippen molar-refractivity contribution in [2.75, 3.05) is 6.61 Å². The van der Waals surface area contributed by atoms with E-state index in [1.165, 1.54) is 0 Å². The molecular formula is C12H17NO2. The Bertz CT molecular complexity index is 327. The highest BCUT2D eigenvalue weighted by atomic mass is 16.3. The molecule has 82 valence electrons. The monoisotopic (exact) mass is 207 g/mol. The largest absolute Gasteiger partial charge is 0.508 e. The highest BCUT2D eigenvalue weighted by Crippen LogP contribution is 2.30. The van der Waals surface area contributed by atoms with Crippen molar-refractivity contribution in [3.63, 3.8) is 0 Å². The number of phenolic OH excluding ortho intramolecular Hbond substituents is 1. The number of rotatable bonds is 2. The Morgan fingerprint density at radius 1 is 1.27 bits per heavy atom. The summed E-state index contributed by atoms with van der Waals surface area (Å²) in [5.41, 5.74) is 0.940. The predicted octanol–water partition coefficient (Wildman–Crippen LogP) is 1.57. The second-order valence-electron chi connectivity index (χ2n) is 4.09. The molecule has 2 unspecified atom stereocenters. The van der Waals surface area contributed by atoms with Gasteiger partial charge in [0, 0.05) is 17.6 Å². The average molecular weight is 207 g/mol. The van der Waals surface area contributed by atoms with Gasteiger partial charge in [-0.2, -0.15) is 0 Å². The van der Waals surface area contributed by atoms with Gasteiger partial charge in [-0.1, -0.05) is 18.2 Å². The second kappa shape index (κ2) is 4.64. The molecule has 0 radical (unpaired) electrons. The number of aliphatic hydroxyl groups is 1. The lowest BCUT2D eigenvalue weighted by atomic mass is 9.93. The molecule has 0 aromatic heterocycles. The zero-order valence-corrected chi connectivity index (χ0v) is 8.69. The Balaban J connectivity index is 2.13. The summed E-state index contributed by atoms with van der Waals surface area (Å²) < 4.78 is 0. The lowest BCUT2D eigenvalue weighted by Gasteiger charge is -2.30. The van der Waals surface area contributed by atoms with E-state index in [1.54, 1.807) is 6.07 Å². The Hall–Kier alpha value is -1.06. The van der Waals surface area contributed by atoms with Crippen LogP contribution >= 0.6 is 0 Å². The first-order chi connectivity index (χ1) is 7.31. The third-order valence-electron chi connectivity index (χ3n) is 3.01. The fraction of sp³-hybridized carbons (Fsp3) is 0.500. The molecule has 1 fully saturated rings. The lowest BCUT2D eigenvalue weighted by Crippen LogP contribution is -2.39. The molecule has 3 nitrogen and oxygen atoms in total. The van der Waals surface area contributed by atoms with Crippen molar-refractivity contribution in [2.24, 2.45) is 0 Å². The van der Waals surface area contributed by atoms with Crippen LogP contribution in [-0.2, 0) is 0 Å². The van der Waals surface area contributed by atoms with Gasteiger partial charge in [0.15, 0.2) is 0 Å². The molecule has 0 bridgehead atoms. The molecule has 0 amide bonds. The number of hydrogen-bond donors (Lipinski definition) is 3. The molecule has 3 heteroatoms. The summed E-state index contributed by atoms with van der Waals surface area (Å²) in [4.78, 5) is 0. The van der Waals surface area contributed by atoms with Crippen LogP contribution in [0.3, 0.4) is 0 Å². The van der Waals surface area contributed by atoms with E-state index in [-0.39, 0.29) is 18.7 Å². The molecule has 0 aliphatic carbocycles. The van der Waals surface area contributed by atoms with Gasteiger partial charge in [-0.05, 0) is 25.3 Å². The maximum Gasteiger partial charge on any atom is 0.120 e. The van der Waals surface area contributed by atoms with Gasteiger partial charge in [-0.3, -0.25) is 0 Å². The van der Waals surface area contributed by atoms with Crippen molar-refractivity contribution < 1.29 is 10.2 Å². The van der Waals surface area contributed by atoms with Crippen LogP contribution in [0, 0.1) is 0 Å². The van der Waals surface area contributed by atoms with E-state index >= 15 is 0 Å². The summed E-state index contributed by atoms with van der Waals surface area (Å²) in [6.45, 7) is 0.171. The van der Waals surface area contributed by atoms with Gasteiger partial charge in [-0.15, -0.1) is 0 Å². The molecule has 1 aromatic rings. The summed E-state index contributed by atoms with van der Waals surface area (Å²) in [5, 5.41) is 22.2. The van der Waals surface area contributed by atoms with E-state index in [0.29, 0.717) is 5.75 Å². The van der Waals surface area contributed by atoms with Crippen molar-refractivity contribution in [2.45, 2.75) is 31.3 Å². The third kappa shape index (κ3) is 2.30. The van der Waals surface area contributed by atoms with E-state index in [0.717, 1.165) is 24.8 Å². The average Bonchev–Trinajstić information content (AvgIpc) is 2.30. The molecule has 1 saturated heterocycles. The molecule has 1 heterocycles. The number of benzene rings is 1. The first-order valence-corrected chi connectivity index (χ1v) is 5.46. The summed E-state index contributed by atoms with van der Waals surface area (Å²) in [6.07, 6.45) is 3.13. The number of hydrogen-bond acceptors (Lipinski definition) is 3. The number of aliphatic hydroxyl groups excluding tert-OH is 1. The van der Waals surface area contributed by atoms with Crippen LogP contribution in [0.15, 0.2) is 24.3 Å². The minimum absolute atomic E-state index is 0.170. The molecule has 2 rings (SSSR count). The number of aromatic hydroxyl groups is 1. The third-order valence-corrected chi connectivity index (χ3v) is 3.01. The van der Waals surface area contributed by atoms with Crippen LogP contribution < -0.4 is 5.32 Å². The zero-order chi connectivity index (χ0) is 10.7. The lowest BCUT2D eigenvalue weighted by molar-refractivity contribution is 0.197. The molecule has 1 aliphatic rings. The predicted molar refractivity (Wildman–Crippen MR) is 58.7 cm³/mol. The van der Waals surface area contributed by atoms with Crippen LogP contribution in [0.1, 0.15) is 30.9 Å². The van der Waals surface area contributed by atoms with E-state index < -0.39 is 0 Å². The van der Waals surface area contributed by atoms with Gasteiger partial charge in [0.2, 0.25) is 0 Å². The number of nitrogens with one attached hydrogen (secondary N) is 1. The number of para-hydroxylation sites is 1. The van der Waals surface area contributed by atoms with Crippen LogP contribution in [0.5, 0.6) is 5.75 Å². The van der Waals surface area contributed by atoms with Crippen molar-refractivity contribution >= 4 is 0 Å². The fourth-order valence-electron chi connectivity index (χ4n) is 2.19. The summed E-state index contributed by atoms with van der Waals surface area (Å²) in [6, 6.07) is 7.75. The Kier molecular flexibility index (Phi) is 3.23. The van der Waals surface area contributed by atoms with E-state index in [9.17, 15) is 5.11 Å². The van der Waals surface area contributed by atoms with E-state index in [1.807, 2.05) is 18.2 Å². The Morgan fingerprint density at radius 2 is 2.07 bits per heavy atom. The summed E-state index contributed by atoms with van der Waals surface area (Å²) >= 11 is 0. The molecule has 1 aromatic carbocycles. The first kappa shape index (κ1) is 10.5. The quantitative estimate of drug-likeness (QED) is 0.690. The minimum Gasteiger partial charge on any atom is -0.508 e. The van der Waals surface area contributed by atoms with Crippen LogP contribution in [0.4, 0.5) is 0 Å². The zero-order valence-electron chi connectivity index (χ0n) is 8.69. The van der Waals surface area contributed by atoms with E-state index in [4.69, 9.17) is 5.11 Å². The number of piperidine rings is 1. The van der Waals surface area contributed by atoms with Crippen LogP contribution in [0.2, 0.25) is 0 Å². The van der Waals surface area contributed by atoms with Crippen LogP contribution in [-0.4, -0.2) is 22.9 Å². The molecule has 0 saturated carbocycles. The molecule has 1 aliphatic heterocycles. The molecule has 15 heavy (non-hydrogen) atoms. The van der Waals surface area contributed by atoms with Gasteiger partial charge >= 0.3 is 0 Å². The van der Waals surface area contributed by atoms with Crippen molar-refractivity contribution in [3.05, 3.63) is 29.8 Å². The molecule has 2 atom stereocenters. The SMILES string of the molecule is OCC1CCCC(c2ccccc2O)N1. The van der Waals surface area contributed by atoms with Gasteiger partial charge in [0.25, 0.3) is 0 Å². The summed E-state index contributed by atoms with van der Waals surface area (Å²) in [5.74, 6) is 0.341. The van der Waals surface area contributed by atoms with Gasteiger partial charge < -0.3 is 15.5 Å². The second-order valence-corrected chi connectivity index (χ2v) is 4.09. The van der Waals surface area contributed by atoms with Gasteiger partial charge in [0.1, 0.15) is 5.75 Å². The maximum atomic E-state index is 9.72. The highest BCUT2D eigenvalue weighted by molar-refractivity contribution is 5.34. The number of phenols is 1. The molecular weight excluding hydrogens is 190 g/mol. The smallest absolute Gasteiger partial charge is 0.120 e. The normalized spacial score (nSPS) is 26.5. The minimum atomic E-state index is 0.170. The summed E-state index contributed by atoms with van der Waals surface area (Å²) in [7, 11) is 0. The van der Waals surface area contributed by atoms with Crippen molar-refractivity contribution in [3.8, 4) is 5.75 Å². The van der Waals surface area contributed by atoms with Gasteiger partial charge in [-0.25, -0.2) is 0 Å². The molecule has 0 spiro atoms. The van der Waals surface area contributed by atoms with Crippen molar-refractivity contribution in [1.82, 2.24) is 5.32 Å². The topological polar surface area (TPSA) is 52.5 Å². The maximum absolute atomic E-state index is 9.72. The fourth-order valence-corrected chi connectivity index (χ4v) is 2.19. The van der Waals surface area contributed by atoms with Crippen molar-refractivity contribution in [1.29, 1.82) is 0 Å². The highest BCUT2D eigenvalue weighted by Gasteiger charge is 2.22. The standard InChI is InChI=1S/C12H17NO2/c14-8-9-4-3-6-11(13-9)10-5-1-2-7-12(10)15/h1-2,5,7,9,11,13-15H,3-4,6,8H2. The first-order valence-electron chi connectivity index (χ1n) is 5.46. The van der Waals surface area contributed by atoms with E-state index in [2.05, 4.69) is 5.32 Å². The van der Waals surface area contributed by atoms with Gasteiger partial charge in [0.05, 0.1) is 6.61 Å². The Morgan fingerprint density at radius 3 is 2.80 bits per heavy atom. The van der Waals surface area contributed by atoms with Crippen LogP contribution in [0.25, 0.3) is 0 Å².